The fourth-order valence-corrected chi connectivity index (χ4v) is 1.74. The van der Waals surface area contributed by atoms with E-state index >= 15 is 0 Å². The fourth-order valence-electron chi connectivity index (χ4n) is 1.74. The van der Waals surface area contributed by atoms with Gasteiger partial charge in [-0.25, -0.2) is 0 Å². The molecule has 1 heterocycles. The van der Waals surface area contributed by atoms with Crippen LogP contribution in [0.4, 0.5) is 0 Å². The monoisotopic (exact) mass is 199 g/mol. The third kappa shape index (κ3) is 3.77. The highest BCUT2D eigenvalue weighted by Gasteiger charge is 2.16. The Morgan fingerprint density at radius 3 is 2.00 bits per heavy atom. The van der Waals surface area contributed by atoms with E-state index in [1.165, 1.54) is 6.42 Å². The van der Waals surface area contributed by atoms with Gasteiger partial charge in [-0.1, -0.05) is 19.3 Å². The Morgan fingerprint density at radius 1 is 1.00 bits per heavy atom. The Labute approximate surface area is 83.9 Å². The van der Waals surface area contributed by atoms with E-state index in [0.29, 0.717) is 0 Å². The third-order valence-corrected chi connectivity index (χ3v) is 2.51. The third-order valence-electron chi connectivity index (χ3n) is 2.51. The first-order chi connectivity index (χ1) is 6.70. The maximum absolute atomic E-state index is 11.4. The van der Waals surface area contributed by atoms with E-state index in [1.807, 2.05) is 0 Å². The van der Waals surface area contributed by atoms with Gasteiger partial charge in [-0.15, -0.1) is 0 Å². The van der Waals surface area contributed by atoms with Gasteiger partial charge in [0, 0.05) is 13.1 Å². The Kier molecular flexibility index (Phi) is 4.43. The van der Waals surface area contributed by atoms with Crippen molar-refractivity contribution in [3.05, 3.63) is 0 Å². The number of carbonyl (C=O) groups is 2. The first-order valence-corrected chi connectivity index (χ1v) is 5.20. The Hall–Kier alpha value is -1.06. The van der Waals surface area contributed by atoms with Gasteiger partial charge in [0.15, 0.2) is 0 Å². The van der Waals surface area contributed by atoms with Crippen LogP contribution in [0.15, 0.2) is 0 Å². The molecule has 1 rings (SSSR count). The quantitative estimate of drug-likeness (QED) is 0.681. The van der Waals surface area contributed by atoms with Crippen molar-refractivity contribution in [1.29, 1.82) is 0 Å². The first-order valence-electron chi connectivity index (χ1n) is 5.20. The summed E-state index contributed by atoms with van der Waals surface area (Å²) in [6, 6.07) is 0. The number of amides is 1. The zero-order chi connectivity index (χ0) is 10.4. The van der Waals surface area contributed by atoms with E-state index in [1.54, 1.807) is 4.90 Å². The molecule has 1 saturated heterocycles. The molecule has 0 radical (unpaired) electrons. The summed E-state index contributed by atoms with van der Waals surface area (Å²) in [4.78, 5) is 23.5. The zero-order valence-electron chi connectivity index (χ0n) is 8.37. The highest BCUT2D eigenvalue weighted by atomic mass is 16.4. The molecule has 0 atom stereocenters. The molecule has 80 valence electrons. The number of aliphatic carboxylic acids is 1. The van der Waals surface area contributed by atoms with Crippen LogP contribution < -0.4 is 0 Å². The van der Waals surface area contributed by atoms with E-state index in [0.717, 1.165) is 38.8 Å². The van der Waals surface area contributed by atoms with Crippen LogP contribution in [-0.4, -0.2) is 35.0 Å². The van der Waals surface area contributed by atoms with Gasteiger partial charge in [-0.3, -0.25) is 9.59 Å². The van der Waals surface area contributed by atoms with E-state index < -0.39 is 5.97 Å². The Morgan fingerprint density at radius 2 is 1.50 bits per heavy atom. The summed E-state index contributed by atoms with van der Waals surface area (Å²) in [5.41, 5.74) is 0. The van der Waals surface area contributed by atoms with Gasteiger partial charge >= 0.3 is 5.97 Å². The van der Waals surface area contributed by atoms with Gasteiger partial charge in [0.05, 0.1) is 0 Å². The molecule has 1 aliphatic rings. The normalized spacial score (nSPS) is 18.4. The maximum Gasteiger partial charge on any atom is 0.312 e. The van der Waals surface area contributed by atoms with Crippen molar-refractivity contribution in [3.8, 4) is 0 Å². The maximum atomic E-state index is 11.4. The SMILES string of the molecule is O=C(O)CC(=O)N1CCCCCCC1. The molecule has 1 N–H and O–H groups in total. The van der Waals surface area contributed by atoms with Crippen molar-refractivity contribution in [1.82, 2.24) is 4.90 Å². The molecule has 1 aliphatic heterocycles. The van der Waals surface area contributed by atoms with Crippen molar-refractivity contribution in [3.63, 3.8) is 0 Å². The lowest BCUT2D eigenvalue weighted by Crippen LogP contribution is -2.34. The molecule has 0 spiro atoms. The number of carboxylic acids is 1. The number of carboxylic acid groups (broad SMARTS) is 1. The molecule has 1 fully saturated rings. The summed E-state index contributed by atoms with van der Waals surface area (Å²) in [6.45, 7) is 1.46. The van der Waals surface area contributed by atoms with E-state index in [2.05, 4.69) is 0 Å². The predicted octanol–water partition coefficient (Wildman–Crippen LogP) is 1.25. The summed E-state index contributed by atoms with van der Waals surface area (Å²) in [5.74, 6) is -1.27. The van der Waals surface area contributed by atoms with Crippen molar-refractivity contribution >= 4 is 11.9 Å². The van der Waals surface area contributed by atoms with Gasteiger partial charge in [-0.05, 0) is 12.8 Å². The van der Waals surface area contributed by atoms with E-state index in [-0.39, 0.29) is 12.3 Å². The van der Waals surface area contributed by atoms with Crippen molar-refractivity contribution in [2.24, 2.45) is 0 Å². The number of hydrogen-bond donors (Lipinski definition) is 1. The van der Waals surface area contributed by atoms with Crippen LogP contribution in [0.2, 0.25) is 0 Å². The summed E-state index contributed by atoms with van der Waals surface area (Å²) < 4.78 is 0. The lowest BCUT2D eigenvalue weighted by Gasteiger charge is -2.24. The minimum absolute atomic E-state index is 0.237. The number of carbonyl (C=O) groups excluding carboxylic acids is 1. The molecular weight excluding hydrogens is 182 g/mol. The second kappa shape index (κ2) is 5.62. The van der Waals surface area contributed by atoms with E-state index in [4.69, 9.17) is 5.11 Å². The Balaban J connectivity index is 2.38. The summed E-state index contributed by atoms with van der Waals surface area (Å²) >= 11 is 0. The highest BCUT2D eigenvalue weighted by molar-refractivity contribution is 5.93. The molecule has 4 heteroatoms. The molecule has 0 saturated carbocycles. The molecule has 0 aromatic rings. The average Bonchev–Trinajstić information content (AvgIpc) is 2.00. The predicted molar refractivity (Wildman–Crippen MR) is 51.9 cm³/mol. The van der Waals surface area contributed by atoms with Gasteiger partial charge in [0.1, 0.15) is 6.42 Å². The van der Waals surface area contributed by atoms with Crippen LogP contribution in [-0.2, 0) is 9.59 Å². The lowest BCUT2D eigenvalue weighted by molar-refractivity contribution is -0.144. The van der Waals surface area contributed by atoms with Crippen LogP contribution in [0, 0.1) is 0 Å². The number of likely N-dealkylation sites (tertiary alicyclic amines) is 1. The summed E-state index contributed by atoms with van der Waals surface area (Å²) in [7, 11) is 0. The molecule has 0 aromatic heterocycles. The summed E-state index contributed by atoms with van der Waals surface area (Å²) in [6.07, 6.45) is 5.19. The molecule has 1 amide bonds. The summed E-state index contributed by atoms with van der Waals surface area (Å²) in [5, 5.41) is 8.49. The van der Waals surface area contributed by atoms with E-state index in [9.17, 15) is 9.59 Å². The minimum Gasteiger partial charge on any atom is -0.481 e. The van der Waals surface area contributed by atoms with Crippen LogP contribution in [0.5, 0.6) is 0 Å². The largest absolute Gasteiger partial charge is 0.481 e. The van der Waals surface area contributed by atoms with Gasteiger partial charge in [-0.2, -0.15) is 0 Å². The number of nitrogens with zero attached hydrogens (tertiary/aromatic N) is 1. The van der Waals surface area contributed by atoms with Crippen molar-refractivity contribution < 1.29 is 14.7 Å². The van der Waals surface area contributed by atoms with Gasteiger partial charge in [0.25, 0.3) is 0 Å². The van der Waals surface area contributed by atoms with Crippen molar-refractivity contribution in [2.75, 3.05) is 13.1 Å². The molecule has 0 aromatic carbocycles. The standard InChI is InChI=1S/C10H17NO3/c12-9(8-10(13)14)11-6-4-2-1-3-5-7-11/h1-8H2,(H,13,14). The average molecular weight is 199 g/mol. The number of hydrogen-bond acceptors (Lipinski definition) is 2. The molecular formula is C10H17NO3. The minimum atomic E-state index is -1.03. The highest BCUT2D eigenvalue weighted by Crippen LogP contribution is 2.11. The lowest BCUT2D eigenvalue weighted by atomic mass is 10.1. The van der Waals surface area contributed by atoms with Crippen LogP contribution >= 0.6 is 0 Å². The second-order valence-corrected chi connectivity index (χ2v) is 3.72. The van der Waals surface area contributed by atoms with Gasteiger partial charge < -0.3 is 10.0 Å². The molecule has 0 unspecified atom stereocenters. The van der Waals surface area contributed by atoms with Crippen LogP contribution in [0.1, 0.15) is 38.5 Å². The van der Waals surface area contributed by atoms with Crippen LogP contribution in [0.25, 0.3) is 0 Å². The van der Waals surface area contributed by atoms with Crippen LogP contribution in [0.3, 0.4) is 0 Å². The number of rotatable bonds is 2. The van der Waals surface area contributed by atoms with Crippen molar-refractivity contribution in [2.45, 2.75) is 38.5 Å². The fraction of sp³-hybridized carbons (Fsp3) is 0.800. The molecule has 4 nitrogen and oxygen atoms in total. The smallest absolute Gasteiger partial charge is 0.312 e. The molecule has 0 bridgehead atoms. The molecule has 14 heavy (non-hydrogen) atoms. The Bertz CT molecular complexity index is 207. The first kappa shape index (κ1) is 11.0. The topological polar surface area (TPSA) is 57.6 Å². The van der Waals surface area contributed by atoms with Gasteiger partial charge in [0.2, 0.25) is 5.91 Å². The second-order valence-electron chi connectivity index (χ2n) is 3.72. The zero-order valence-corrected chi connectivity index (χ0v) is 8.37. The molecule has 0 aliphatic carbocycles.